The molecule has 0 saturated heterocycles. The smallest absolute Gasteiger partial charge is 0.117 e. The monoisotopic (exact) mass is 167 g/mol. The third-order valence-electron chi connectivity index (χ3n) is 2.13. The summed E-state index contributed by atoms with van der Waals surface area (Å²) in [4.78, 5) is 0. The molecular weight excluding hydrogens is 150 g/mol. The van der Waals surface area contributed by atoms with Gasteiger partial charge in [-0.15, -0.1) is 0 Å². The van der Waals surface area contributed by atoms with Gasteiger partial charge in [-0.05, 0) is 25.6 Å². The highest BCUT2D eigenvalue weighted by Gasteiger charge is 2.07. The third kappa shape index (κ3) is 2.11. The van der Waals surface area contributed by atoms with Crippen molar-refractivity contribution in [2.45, 2.75) is 32.7 Å². The van der Waals surface area contributed by atoms with Gasteiger partial charge >= 0.3 is 0 Å². The molecule has 0 amide bonds. The van der Waals surface area contributed by atoms with Crippen molar-refractivity contribution in [1.82, 2.24) is 5.32 Å². The molecule has 0 aliphatic rings. The van der Waals surface area contributed by atoms with Gasteiger partial charge in [-0.3, -0.25) is 0 Å². The third-order valence-corrected chi connectivity index (χ3v) is 2.13. The van der Waals surface area contributed by atoms with E-state index < -0.39 is 0 Å². The van der Waals surface area contributed by atoms with Gasteiger partial charge in [0.2, 0.25) is 0 Å². The van der Waals surface area contributed by atoms with Crippen LogP contribution < -0.4 is 5.32 Å². The zero-order chi connectivity index (χ0) is 8.97. The first-order valence-corrected chi connectivity index (χ1v) is 4.51. The molecule has 0 aliphatic heterocycles. The summed E-state index contributed by atoms with van der Waals surface area (Å²) >= 11 is 0. The van der Waals surface area contributed by atoms with E-state index in [0.29, 0.717) is 5.92 Å². The van der Waals surface area contributed by atoms with Gasteiger partial charge in [-0.1, -0.05) is 13.8 Å². The molecule has 1 aromatic heterocycles. The lowest BCUT2D eigenvalue weighted by Gasteiger charge is -2.02. The standard InChI is InChI=1S/C10H17NO/c1-4-8(2)10-6-5-9(12-10)7-11-3/h5-6,8,11H,4,7H2,1-3H3. The van der Waals surface area contributed by atoms with Crippen LogP contribution in [-0.4, -0.2) is 7.05 Å². The predicted molar refractivity (Wildman–Crippen MR) is 50.2 cm³/mol. The Bertz CT molecular complexity index is 229. The van der Waals surface area contributed by atoms with E-state index in [1.807, 2.05) is 13.1 Å². The maximum atomic E-state index is 5.61. The van der Waals surface area contributed by atoms with Crippen LogP contribution in [0.5, 0.6) is 0 Å². The van der Waals surface area contributed by atoms with Crippen molar-refractivity contribution in [3.8, 4) is 0 Å². The summed E-state index contributed by atoms with van der Waals surface area (Å²) in [6, 6.07) is 4.11. The molecule has 0 spiro atoms. The summed E-state index contributed by atoms with van der Waals surface area (Å²) in [6.45, 7) is 5.17. The van der Waals surface area contributed by atoms with E-state index >= 15 is 0 Å². The Morgan fingerprint density at radius 2 is 2.25 bits per heavy atom. The molecule has 0 aliphatic carbocycles. The summed E-state index contributed by atoms with van der Waals surface area (Å²) in [7, 11) is 1.92. The van der Waals surface area contributed by atoms with Gasteiger partial charge in [0.25, 0.3) is 0 Å². The first kappa shape index (κ1) is 9.33. The lowest BCUT2D eigenvalue weighted by atomic mass is 10.1. The highest BCUT2D eigenvalue weighted by atomic mass is 16.3. The highest BCUT2D eigenvalue weighted by molar-refractivity contribution is 5.10. The van der Waals surface area contributed by atoms with E-state index in [1.165, 1.54) is 0 Å². The van der Waals surface area contributed by atoms with Crippen molar-refractivity contribution < 1.29 is 4.42 Å². The van der Waals surface area contributed by atoms with Gasteiger partial charge in [-0.2, -0.15) is 0 Å². The largest absolute Gasteiger partial charge is 0.464 e. The lowest BCUT2D eigenvalue weighted by molar-refractivity contribution is 0.427. The van der Waals surface area contributed by atoms with Gasteiger partial charge in [0.05, 0.1) is 6.54 Å². The average molecular weight is 167 g/mol. The minimum atomic E-state index is 0.538. The quantitative estimate of drug-likeness (QED) is 0.745. The van der Waals surface area contributed by atoms with Gasteiger partial charge in [-0.25, -0.2) is 0 Å². The molecule has 0 radical (unpaired) electrons. The van der Waals surface area contributed by atoms with Crippen LogP contribution in [0.4, 0.5) is 0 Å². The van der Waals surface area contributed by atoms with Crippen LogP contribution in [-0.2, 0) is 6.54 Å². The minimum Gasteiger partial charge on any atom is -0.464 e. The van der Waals surface area contributed by atoms with E-state index in [0.717, 1.165) is 24.5 Å². The molecule has 1 rings (SSSR count). The van der Waals surface area contributed by atoms with Crippen molar-refractivity contribution in [1.29, 1.82) is 0 Å². The summed E-state index contributed by atoms with van der Waals surface area (Å²) in [5.74, 6) is 2.66. The van der Waals surface area contributed by atoms with Gasteiger partial charge in [0, 0.05) is 5.92 Å². The molecule has 0 saturated carbocycles. The fraction of sp³-hybridized carbons (Fsp3) is 0.600. The fourth-order valence-corrected chi connectivity index (χ4v) is 1.13. The molecule has 0 bridgehead atoms. The fourth-order valence-electron chi connectivity index (χ4n) is 1.13. The van der Waals surface area contributed by atoms with Gasteiger partial charge in [0.1, 0.15) is 11.5 Å². The Balaban J connectivity index is 2.63. The van der Waals surface area contributed by atoms with Crippen LogP contribution in [0, 0.1) is 0 Å². The molecule has 2 nitrogen and oxygen atoms in total. The molecule has 0 aromatic carbocycles. The Morgan fingerprint density at radius 1 is 1.50 bits per heavy atom. The van der Waals surface area contributed by atoms with Crippen LogP contribution in [0.15, 0.2) is 16.5 Å². The Hall–Kier alpha value is -0.760. The molecule has 1 aromatic rings. The molecule has 2 heteroatoms. The second-order valence-electron chi connectivity index (χ2n) is 3.14. The zero-order valence-electron chi connectivity index (χ0n) is 8.05. The van der Waals surface area contributed by atoms with E-state index in [1.54, 1.807) is 0 Å². The van der Waals surface area contributed by atoms with Crippen molar-refractivity contribution in [3.05, 3.63) is 23.7 Å². The Labute approximate surface area is 74.0 Å². The zero-order valence-corrected chi connectivity index (χ0v) is 8.05. The first-order chi connectivity index (χ1) is 5.77. The maximum absolute atomic E-state index is 5.61. The lowest BCUT2D eigenvalue weighted by Crippen LogP contribution is -2.03. The molecule has 1 atom stereocenters. The summed E-state index contributed by atoms with van der Waals surface area (Å²) in [5, 5.41) is 3.06. The van der Waals surface area contributed by atoms with E-state index in [-0.39, 0.29) is 0 Å². The minimum absolute atomic E-state index is 0.538. The Kier molecular flexibility index (Phi) is 3.35. The van der Waals surface area contributed by atoms with Crippen molar-refractivity contribution in [2.24, 2.45) is 0 Å². The van der Waals surface area contributed by atoms with Crippen molar-refractivity contribution in [2.75, 3.05) is 7.05 Å². The molecule has 1 N–H and O–H groups in total. The van der Waals surface area contributed by atoms with Crippen LogP contribution in [0.1, 0.15) is 37.7 Å². The number of nitrogens with one attached hydrogen (secondary N) is 1. The van der Waals surface area contributed by atoms with E-state index in [2.05, 4.69) is 25.2 Å². The van der Waals surface area contributed by atoms with Crippen molar-refractivity contribution >= 4 is 0 Å². The van der Waals surface area contributed by atoms with Crippen LogP contribution in [0.25, 0.3) is 0 Å². The second-order valence-corrected chi connectivity index (χ2v) is 3.14. The molecule has 1 unspecified atom stereocenters. The SMILES string of the molecule is CCC(C)c1ccc(CNC)o1. The molecule has 12 heavy (non-hydrogen) atoms. The summed E-state index contributed by atoms with van der Waals surface area (Å²) < 4.78 is 5.61. The Morgan fingerprint density at radius 3 is 2.83 bits per heavy atom. The van der Waals surface area contributed by atoms with Crippen LogP contribution in [0.2, 0.25) is 0 Å². The number of hydrogen-bond acceptors (Lipinski definition) is 2. The summed E-state index contributed by atoms with van der Waals surface area (Å²) in [6.07, 6.45) is 1.13. The molecule has 1 heterocycles. The maximum Gasteiger partial charge on any atom is 0.117 e. The molecular formula is C10H17NO. The second kappa shape index (κ2) is 4.31. The normalized spacial score (nSPS) is 13.2. The topological polar surface area (TPSA) is 25.2 Å². The number of rotatable bonds is 4. The van der Waals surface area contributed by atoms with Gasteiger partial charge < -0.3 is 9.73 Å². The van der Waals surface area contributed by atoms with E-state index in [9.17, 15) is 0 Å². The van der Waals surface area contributed by atoms with Crippen LogP contribution in [0.3, 0.4) is 0 Å². The molecule has 68 valence electrons. The van der Waals surface area contributed by atoms with Gasteiger partial charge in [0.15, 0.2) is 0 Å². The average Bonchev–Trinajstić information content (AvgIpc) is 2.52. The predicted octanol–water partition coefficient (Wildman–Crippen LogP) is 2.51. The molecule has 0 fully saturated rings. The summed E-state index contributed by atoms with van der Waals surface area (Å²) in [5.41, 5.74) is 0. The van der Waals surface area contributed by atoms with Crippen LogP contribution >= 0.6 is 0 Å². The van der Waals surface area contributed by atoms with Crippen molar-refractivity contribution in [3.63, 3.8) is 0 Å². The highest BCUT2D eigenvalue weighted by Crippen LogP contribution is 2.20. The van der Waals surface area contributed by atoms with E-state index in [4.69, 9.17) is 4.42 Å². The number of furan rings is 1. The first-order valence-electron chi connectivity index (χ1n) is 4.51. The number of hydrogen-bond donors (Lipinski definition) is 1.